The number of thiazole rings is 1. The number of aryl methyl sites for hydroxylation is 2. The van der Waals surface area contributed by atoms with Gasteiger partial charge in [0.15, 0.2) is 4.80 Å². The van der Waals surface area contributed by atoms with Crippen LogP contribution in [0.25, 0.3) is 11.3 Å². The average molecular weight is 405 g/mol. The van der Waals surface area contributed by atoms with Gasteiger partial charge in [0.1, 0.15) is 0 Å². The van der Waals surface area contributed by atoms with Crippen LogP contribution in [0.4, 0.5) is 0 Å². The van der Waals surface area contributed by atoms with E-state index in [0.29, 0.717) is 27.0 Å². The monoisotopic (exact) mass is 404 g/mol. The molecule has 26 heavy (non-hydrogen) atoms. The number of halogens is 2. The molecule has 0 saturated carbocycles. The summed E-state index contributed by atoms with van der Waals surface area (Å²) >= 11 is 13.7. The van der Waals surface area contributed by atoms with Crippen LogP contribution in [0.15, 0.2) is 47.5 Å². The largest absolute Gasteiger partial charge is 0.316 e. The summed E-state index contributed by atoms with van der Waals surface area (Å²) in [6.45, 7) is 6.70. The molecule has 0 atom stereocenters. The zero-order valence-electron chi connectivity index (χ0n) is 14.7. The Hall–Kier alpha value is -1.88. The summed E-state index contributed by atoms with van der Waals surface area (Å²) in [6.07, 6.45) is 0. The van der Waals surface area contributed by atoms with E-state index in [1.54, 1.807) is 12.1 Å². The van der Waals surface area contributed by atoms with Gasteiger partial charge in [-0.2, -0.15) is 4.99 Å². The Bertz CT molecular complexity index is 1050. The second-order valence-corrected chi connectivity index (χ2v) is 7.95. The molecule has 0 spiro atoms. The number of hydrogen-bond acceptors (Lipinski definition) is 2. The highest BCUT2D eigenvalue weighted by Gasteiger charge is 2.14. The molecule has 3 rings (SSSR count). The van der Waals surface area contributed by atoms with Gasteiger partial charge in [-0.3, -0.25) is 4.79 Å². The number of carbonyl (C=O) groups is 1. The molecule has 0 radical (unpaired) electrons. The summed E-state index contributed by atoms with van der Waals surface area (Å²) in [4.78, 5) is 18.7. The molecule has 0 aliphatic carbocycles. The second kappa shape index (κ2) is 7.78. The van der Waals surface area contributed by atoms with E-state index in [2.05, 4.69) is 4.99 Å². The smallest absolute Gasteiger partial charge is 0.279 e. The van der Waals surface area contributed by atoms with Gasteiger partial charge in [-0.1, -0.05) is 47.0 Å². The number of benzene rings is 2. The predicted molar refractivity (Wildman–Crippen MR) is 109 cm³/mol. The topological polar surface area (TPSA) is 34.4 Å². The van der Waals surface area contributed by atoms with Gasteiger partial charge < -0.3 is 4.57 Å². The molecule has 3 aromatic rings. The van der Waals surface area contributed by atoms with Crippen molar-refractivity contribution in [2.75, 3.05) is 0 Å². The quantitative estimate of drug-likeness (QED) is 0.534. The standard InChI is InChI=1S/C20H18Cl2N2OS/c1-4-24-18(14-8-9-16(21)17(22)11-14)13(3)26-20(24)23-19(25)15-7-5-6-12(2)10-15/h5-11H,4H2,1-3H3. The van der Waals surface area contributed by atoms with E-state index in [4.69, 9.17) is 23.2 Å². The lowest BCUT2D eigenvalue weighted by atomic mass is 10.1. The van der Waals surface area contributed by atoms with Crippen LogP contribution in [-0.2, 0) is 6.54 Å². The van der Waals surface area contributed by atoms with Crippen molar-refractivity contribution in [1.29, 1.82) is 0 Å². The third-order valence-electron chi connectivity index (χ3n) is 4.05. The van der Waals surface area contributed by atoms with Gasteiger partial charge in [0.2, 0.25) is 0 Å². The average Bonchev–Trinajstić information content (AvgIpc) is 2.92. The number of amides is 1. The molecule has 0 saturated heterocycles. The maximum Gasteiger partial charge on any atom is 0.279 e. The zero-order valence-corrected chi connectivity index (χ0v) is 17.0. The van der Waals surface area contributed by atoms with Crippen molar-refractivity contribution < 1.29 is 4.79 Å². The Morgan fingerprint density at radius 1 is 1.12 bits per heavy atom. The molecule has 3 nitrogen and oxygen atoms in total. The van der Waals surface area contributed by atoms with Gasteiger partial charge in [-0.15, -0.1) is 11.3 Å². The van der Waals surface area contributed by atoms with Crippen LogP contribution >= 0.6 is 34.5 Å². The van der Waals surface area contributed by atoms with Gasteiger partial charge in [-0.05, 0) is 45.0 Å². The molecule has 0 N–H and O–H groups in total. The van der Waals surface area contributed by atoms with Crippen LogP contribution in [0.5, 0.6) is 0 Å². The SMILES string of the molecule is CCn1c(-c2ccc(Cl)c(Cl)c2)c(C)sc1=NC(=O)c1cccc(C)c1. The van der Waals surface area contributed by atoms with Crippen LogP contribution < -0.4 is 4.80 Å². The highest BCUT2D eigenvalue weighted by atomic mass is 35.5. The van der Waals surface area contributed by atoms with Crippen molar-refractivity contribution in [2.45, 2.75) is 27.3 Å². The molecule has 6 heteroatoms. The van der Waals surface area contributed by atoms with E-state index < -0.39 is 0 Å². The lowest BCUT2D eigenvalue weighted by molar-refractivity contribution is 0.0997. The number of carbonyl (C=O) groups excluding carboxylic acids is 1. The molecule has 1 amide bonds. The fourth-order valence-electron chi connectivity index (χ4n) is 2.83. The summed E-state index contributed by atoms with van der Waals surface area (Å²) in [6, 6.07) is 13.0. The molecular formula is C20H18Cl2N2OS. The molecule has 134 valence electrons. The molecule has 1 heterocycles. The van der Waals surface area contributed by atoms with E-state index in [-0.39, 0.29) is 5.91 Å². The number of rotatable bonds is 3. The first-order chi connectivity index (χ1) is 12.4. The summed E-state index contributed by atoms with van der Waals surface area (Å²) < 4.78 is 2.03. The minimum atomic E-state index is -0.238. The van der Waals surface area contributed by atoms with Crippen LogP contribution in [0.2, 0.25) is 10.0 Å². The highest BCUT2D eigenvalue weighted by molar-refractivity contribution is 7.09. The maximum atomic E-state index is 12.6. The van der Waals surface area contributed by atoms with Crippen molar-refractivity contribution in [3.05, 3.63) is 73.3 Å². The summed E-state index contributed by atoms with van der Waals surface area (Å²) in [5.41, 5.74) is 3.59. The minimum Gasteiger partial charge on any atom is -0.316 e. The molecule has 0 bridgehead atoms. The lowest BCUT2D eigenvalue weighted by Gasteiger charge is -2.08. The van der Waals surface area contributed by atoms with Crippen molar-refractivity contribution in [3.63, 3.8) is 0 Å². The van der Waals surface area contributed by atoms with E-state index in [9.17, 15) is 4.79 Å². The Labute approximate surface area is 166 Å². The maximum absolute atomic E-state index is 12.6. The number of hydrogen-bond donors (Lipinski definition) is 0. The Kier molecular flexibility index (Phi) is 5.66. The van der Waals surface area contributed by atoms with Crippen molar-refractivity contribution >= 4 is 40.4 Å². The van der Waals surface area contributed by atoms with Gasteiger partial charge in [0.05, 0.1) is 15.7 Å². The normalized spacial score (nSPS) is 11.8. The third kappa shape index (κ3) is 3.78. The van der Waals surface area contributed by atoms with Gasteiger partial charge >= 0.3 is 0 Å². The lowest BCUT2D eigenvalue weighted by Crippen LogP contribution is -2.17. The van der Waals surface area contributed by atoms with Crippen molar-refractivity contribution in [3.8, 4) is 11.3 Å². The van der Waals surface area contributed by atoms with Crippen LogP contribution in [-0.4, -0.2) is 10.5 Å². The first-order valence-corrected chi connectivity index (χ1v) is 9.79. The minimum absolute atomic E-state index is 0.238. The summed E-state index contributed by atoms with van der Waals surface area (Å²) in [7, 11) is 0. The predicted octanol–water partition coefficient (Wildman–Crippen LogP) is 5.90. The first kappa shape index (κ1) is 18.9. The van der Waals surface area contributed by atoms with Crippen molar-refractivity contribution in [2.24, 2.45) is 4.99 Å². The van der Waals surface area contributed by atoms with Gasteiger partial charge in [0.25, 0.3) is 5.91 Å². The molecule has 0 aliphatic rings. The highest BCUT2D eigenvalue weighted by Crippen LogP contribution is 2.31. The Morgan fingerprint density at radius 2 is 1.88 bits per heavy atom. The van der Waals surface area contributed by atoms with E-state index in [0.717, 1.165) is 21.7 Å². The fraction of sp³-hybridized carbons (Fsp3) is 0.200. The molecule has 0 unspecified atom stereocenters. The summed E-state index contributed by atoms with van der Waals surface area (Å²) in [5, 5.41) is 1.03. The van der Waals surface area contributed by atoms with Gasteiger partial charge in [0, 0.05) is 22.5 Å². The van der Waals surface area contributed by atoms with E-state index >= 15 is 0 Å². The third-order valence-corrected chi connectivity index (χ3v) is 5.78. The van der Waals surface area contributed by atoms with E-state index in [1.807, 2.05) is 55.7 Å². The summed E-state index contributed by atoms with van der Waals surface area (Å²) in [5.74, 6) is -0.238. The molecule has 0 fully saturated rings. The molecule has 1 aromatic heterocycles. The first-order valence-electron chi connectivity index (χ1n) is 8.22. The second-order valence-electron chi connectivity index (χ2n) is 5.95. The zero-order chi connectivity index (χ0) is 18.8. The molecule has 2 aromatic carbocycles. The van der Waals surface area contributed by atoms with E-state index in [1.165, 1.54) is 11.3 Å². The van der Waals surface area contributed by atoms with Crippen molar-refractivity contribution in [1.82, 2.24) is 4.57 Å². The van der Waals surface area contributed by atoms with Gasteiger partial charge in [-0.25, -0.2) is 0 Å². The molecular weight excluding hydrogens is 387 g/mol. The molecule has 0 aliphatic heterocycles. The Morgan fingerprint density at radius 3 is 2.54 bits per heavy atom. The number of nitrogens with zero attached hydrogens (tertiary/aromatic N) is 2. The number of aromatic nitrogens is 1. The fourth-order valence-corrected chi connectivity index (χ4v) is 4.19. The van der Waals surface area contributed by atoms with Crippen LogP contribution in [0.1, 0.15) is 27.7 Å². The Balaban J connectivity index is 2.12. The van der Waals surface area contributed by atoms with Crippen LogP contribution in [0.3, 0.4) is 0 Å². The van der Waals surface area contributed by atoms with Crippen LogP contribution in [0, 0.1) is 13.8 Å².